The van der Waals surface area contributed by atoms with Crippen molar-refractivity contribution in [3.05, 3.63) is 16.7 Å². The zero-order chi connectivity index (χ0) is 13.4. The van der Waals surface area contributed by atoms with Gasteiger partial charge in [-0.25, -0.2) is 4.98 Å². The molecule has 1 fully saturated rings. The predicted molar refractivity (Wildman–Crippen MR) is 76.1 cm³/mol. The van der Waals surface area contributed by atoms with Gasteiger partial charge in [-0.05, 0) is 30.0 Å². The number of aliphatic hydroxyl groups excluding tert-OH is 1. The van der Waals surface area contributed by atoms with Crippen LogP contribution in [0.4, 0.5) is 5.82 Å². The van der Waals surface area contributed by atoms with Crippen LogP contribution in [0.25, 0.3) is 10.2 Å². The molecule has 0 spiro atoms. The summed E-state index contributed by atoms with van der Waals surface area (Å²) in [5.41, 5.74) is 0.861. The van der Waals surface area contributed by atoms with Gasteiger partial charge >= 0.3 is 0 Å². The van der Waals surface area contributed by atoms with Gasteiger partial charge < -0.3 is 14.7 Å². The Hall–Kier alpha value is -0.950. The molecule has 5 nitrogen and oxygen atoms in total. The molecule has 0 amide bonds. The first kappa shape index (κ1) is 13.1. The van der Waals surface area contributed by atoms with E-state index in [9.17, 15) is 5.11 Å². The molecule has 0 aromatic carbocycles. The van der Waals surface area contributed by atoms with E-state index < -0.39 is 0 Å². The van der Waals surface area contributed by atoms with Gasteiger partial charge in [-0.15, -0.1) is 11.3 Å². The molecule has 19 heavy (non-hydrogen) atoms. The summed E-state index contributed by atoms with van der Waals surface area (Å²) >= 11 is 7.58. The van der Waals surface area contributed by atoms with Gasteiger partial charge in [0.1, 0.15) is 0 Å². The van der Waals surface area contributed by atoms with Gasteiger partial charge in [0, 0.05) is 13.1 Å². The number of nitrogens with zero attached hydrogens (tertiary/aromatic N) is 3. The molecular weight excluding hydrogens is 286 g/mol. The number of morpholine rings is 1. The highest BCUT2D eigenvalue weighted by Crippen LogP contribution is 2.31. The molecule has 102 valence electrons. The first-order valence-corrected chi connectivity index (χ1v) is 7.35. The van der Waals surface area contributed by atoms with E-state index in [-0.39, 0.29) is 24.1 Å². The highest BCUT2D eigenvalue weighted by Gasteiger charge is 2.27. The third kappa shape index (κ3) is 2.53. The SMILES string of the molecule is CC1CN(c2nc(Cl)nc3ccsc23)CC(CO)O1. The second kappa shape index (κ2) is 5.20. The molecule has 2 aromatic rings. The summed E-state index contributed by atoms with van der Waals surface area (Å²) in [6, 6.07) is 1.93. The van der Waals surface area contributed by atoms with Crippen LogP contribution < -0.4 is 4.90 Å². The number of aromatic nitrogens is 2. The Morgan fingerprint density at radius 3 is 3.16 bits per heavy atom. The van der Waals surface area contributed by atoms with Crippen molar-refractivity contribution in [3.8, 4) is 0 Å². The van der Waals surface area contributed by atoms with Gasteiger partial charge in [0.25, 0.3) is 0 Å². The Labute approximate surface area is 119 Å². The third-order valence-electron chi connectivity index (χ3n) is 3.09. The van der Waals surface area contributed by atoms with E-state index in [1.165, 1.54) is 0 Å². The van der Waals surface area contributed by atoms with Crippen molar-refractivity contribution in [3.63, 3.8) is 0 Å². The van der Waals surface area contributed by atoms with Crippen LogP contribution in [0.5, 0.6) is 0 Å². The fourth-order valence-electron chi connectivity index (χ4n) is 2.35. The monoisotopic (exact) mass is 299 g/mol. The molecule has 2 unspecified atom stereocenters. The number of fused-ring (bicyclic) bond motifs is 1. The van der Waals surface area contributed by atoms with Crippen LogP contribution in [0.2, 0.25) is 5.28 Å². The third-order valence-corrected chi connectivity index (χ3v) is 4.16. The van der Waals surface area contributed by atoms with Crippen LogP contribution in [-0.4, -0.2) is 47.0 Å². The van der Waals surface area contributed by atoms with Gasteiger partial charge in [0.2, 0.25) is 5.28 Å². The lowest BCUT2D eigenvalue weighted by molar-refractivity contribution is -0.0422. The van der Waals surface area contributed by atoms with E-state index in [4.69, 9.17) is 16.3 Å². The van der Waals surface area contributed by atoms with Gasteiger partial charge in [-0.1, -0.05) is 0 Å². The number of hydrogen-bond acceptors (Lipinski definition) is 6. The van der Waals surface area contributed by atoms with Gasteiger partial charge in [0.15, 0.2) is 5.82 Å². The van der Waals surface area contributed by atoms with Crippen LogP contribution in [-0.2, 0) is 4.74 Å². The van der Waals surface area contributed by atoms with E-state index in [0.717, 1.165) is 22.6 Å². The Bertz CT molecular complexity index is 591. The summed E-state index contributed by atoms with van der Waals surface area (Å²) in [7, 11) is 0. The summed E-state index contributed by atoms with van der Waals surface area (Å²) in [4.78, 5) is 10.7. The Morgan fingerprint density at radius 1 is 1.53 bits per heavy atom. The molecule has 2 atom stereocenters. The average molecular weight is 300 g/mol. The minimum atomic E-state index is -0.187. The molecule has 1 aliphatic heterocycles. The molecule has 2 aromatic heterocycles. The second-order valence-electron chi connectivity index (χ2n) is 4.61. The van der Waals surface area contributed by atoms with E-state index in [1.807, 2.05) is 18.4 Å². The number of thiophene rings is 1. The maximum atomic E-state index is 9.29. The van der Waals surface area contributed by atoms with Crippen molar-refractivity contribution in [1.82, 2.24) is 9.97 Å². The molecule has 0 aliphatic carbocycles. The zero-order valence-electron chi connectivity index (χ0n) is 10.4. The summed E-state index contributed by atoms with van der Waals surface area (Å²) < 4.78 is 6.67. The molecule has 1 N–H and O–H groups in total. The van der Waals surface area contributed by atoms with Crippen LogP contribution in [0, 0.1) is 0 Å². The first-order valence-electron chi connectivity index (χ1n) is 6.09. The molecule has 1 aliphatic rings. The van der Waals surface area contributed by atoms with Crippen LogP contribution in [0.15, 0.2) is 11.4 Å². The fourth-order valence-corrected chi connectivity index (χ4v) is 3.37. The quantitative estimate of drug-likeness (QED) is 0.859. The minimum absolute atomic E-state index is 0.00718. The van der Waals surface area contributed by atoms with E-state index >= 15 is 0 Å². The lowest BCUT2D eigenvalue weighted by Crippen LogP contribution is -2.48. The molecule has 3 heterocycles. The molecule has 0 radical (unpaired) electrons. The van der Waals surface area contributed by atoms with Crippen molar-refractivity contribution < 1.29 is 9.84 Å². The van der Waals surface area contributed by atoms with Crippen molar-refractivity contribution in [2.75, 3.05) is 24.6 Å². The molecule has 7 heteroatoms. The van der Waals surface area contributed by atoms with Crippen molar-refractivity contribution >= 4 is 39.0 Å². The maximum Gasteiger partial charge on any atom is 0.224 e. The topological polar surface area (TPSA) is 58.5 Å². The van der Waals surface area contributed by atoms with Crippen LogP contribution in [0.3, 0.4) is 0 Å². The highest BCUT2D eigenvalue weighted by atomic mass is 35.5. The predicted octanol–water partition coefficient (Wildman–Crippen LogP) is 1.93. The Morgan fingerprint density at radius 2 is 2.37 bits per heavy atom. The highest BCUT2D eigenvalue weighted by molar-refractivity contribution is 7.17. The lowest BCUT2D eigenvalue weighted by atomic mass is 10.2. The van der Waals surface area contributed by atoms with Crippen LogP contribution in [0.1, 0.15) is 6.92 Å². The molecule has 0 saturated carbocycles. The molecule has 3 rings (SSSR count). The number of hydrogen-bond donors (Lipinski definition) is 1. The van der Waals surface area contributed by atoms with Crippen molar-refractivity contribution in [2.24, 2.45) is 0 Å². The van der Waals surface area contributed by atoms with Gasteiger partial charge in [0.05, 0.1) is 29.0 Å². The number of rotatable bonds is 2. The number of aliphatic hydroxyl groups is 1. The first-order chi connectivity index (χ1) is 9.17. The molecular formula is C12H14ClN3O2S. The standard InChI is InChI=1S/C12H14ClN3O2S/c1-7-4-16(5-8(6-17)18-7)11-10-9(2-3-19-10)14-12(13)15-11/h2-3,7-8,17H,4-6H2,1H3. The Kier molecular flexibility index (Phi) is 3.58. The average Bonchev–Trinajstić information content (AvgIpc) is 2.84. The van der Waals surface area contributed by atoms with Gasteiger partial charge in [-0.2, -0.15) is 4.98 Å². The summed E-state index contributed by atoms with van der Waals surface area (Å²) in [6.07, 6.45) is -0.137. The molecule has 0 bridgehead atoms. The van der Waals surface area contributed by atoms with Crippen LogP contribution >= 0.6 is 22.9 Å². The summed E-state index contributed by atoms with van der Waals surface area (Å²) in [5.74, 6) is 0.832. The number of ether oxygens (including phenoxy) is 1. The van der Waals surface area contributed by atoms with E-state index in [2.05, 4.69) is 14.9 Å². The molecule has 1 saturated heterocycles. The lowest BCUT2D eigenvalue weighted by Gasteiger charge is -2.36. The smallest absolute Gasteiger partial charge is 0.224 e. The van der Waals surface area contributed by atoms with Crippen molar-refractivity contribution in [2.45, 2.75) is 19.1 Å². The van der Waals surface area contributed by atoms with E-state index in [0.29, 0.717) is 6.54 Å². The largest absolute Gasteiger partial charge is 0.394 e. The number of anilines is 1. The summed E-state index contributed by atoms with van der Waals surface area (Å²) in [5, 5.41) is 11.5. The summed E-state index contributed by atoms with van der Waals surface area (Å²) in [6.45, 7) is 3.34. The minimum Gasteiger partial charge on any atom is -0.394 e. The zero-order valence-corrected chi connectivity index (χ0v) is 12.0. The second-order valence-corrected chi connectivity index (χ2v) is 5.86. The van der Waals surface area contributed by atoms with Gasteiger partial charge in [-0.3, -0.25) is 0 Å². The number of halogens is 1. The fraction of sp³-hybridized carbons (Fsp3) is 0.500. The Balaban J connectivity index is 2.00. The maximum absolute atomic E-state index is 9.29. The van der Waals surface area contributed by atoms with Crippen molar-refractivity contribution in [1.29, 1.82) is 0 Å². The normalized spacial score (nSPS) is 24.1. The van der Waals surface area contributed by atoms with E-state index in [1.54, 1.807) is 11.3 Å².